The molecule has 0 radical (unpaired) electrons. The lowest BCUT2D eigenvalue weighted by Crippen LogP contribution is -2.38. The van der Waals surface area contributed by atoms with E-state index in [1.807, 2.05) is 30.2 Å². The molecular weight excluding hydrogens is 276 g/mol. The van der Waals surface area contributed by atoms with Crippen LogP contribution in [0.5, 0.6) is 0 Å². The number of likely N-dealkylation sites (tertiary alicyclic amines) is 1. The van der Waals surface area contributed by atoms with Crippen LogP contribution in [-0.2, 0) is 11.8 Å². The van der Waals surface area contributed by atoms with E-state index >= 15 is 0 Å². The summed E-state index contributed by atoms with van der Waals surface area (Å²) in [4.78, 5) is 25.9. The zero-order valence-corrected chi connectivity index (χ0v) is 13.6. The van der Waals surface area contributed by atoms with Gasteiger partial charge in [0.2, 0.25) is 5.91 Å². The highest BCUT2D eigenvalue weighted by Crippen LogP contribution is 2.27. The van der Waals surface area contributed by atoms with Gasteiger partial charge in [-0.3, -0.25) is 9.59 Å². The third kappa shape index (κ3) is 4.33. The van der Waals surface area contributed by atoms with Gasteiger partial charge in [0.25, 0.3) is 5.56 Å². The van der Waals surface area contributed by atoms with Gasteiger partial charge in [-0.15, -0.1) is 0 Å². The van der Waals surface area contributed by atoms with E-state index in [1.165, 1.54) is 0 Å². The first-order valence-electron chi connectivity index (χ1n) is 8.17. The Hall–Kier alpha value is -1.84. The Morgan fingerprint density at radius 2 is 2.09 bits per heavy atom. The lowest BCUT2D eigenvalue weighted by atomic mass is 9.90. The second-order valence-corrected chi connectivity index (χ2v) is 6.03. The van der Waals surface area contributed by atoms with Gasteiger partial charge in [-0.1, -0.05) is 12.2 Å². The van der Waals surface area contributed by atoms with E-state index in [2.05, 4.69) is 6.08 Å². The summed E-state index contributed by atoms with van der Waals surface area (Å²) >= 11 is 0. The lowest BCUT2D eigenvalue weighted by molar-refractivity contribution is -0.132. The molecule has 1 saturated heterocycles. The first-order valence-corrected chi connectivity index (χ1v) is 8.17. The number of carbonyl (C=O) groups is 1. The van der Waals surface area contributed by atoms with Crippen molar-refractivity contribution in [3.8, 4) is 0 Å². The van der Waals surface area contributed by atoms with Crippen molar-refractivity contribution in [1.82, 2.24) is 9.47 Å². The van der Waals surface area contributed by atoms with E-state index in [-0.39, 0.29) is 11.5 Å². The number of hydrogen-bond donors (Lipinski definition) is 0. The number of allylic oxidation sites excluding steroid dienone is 2. The number of nitrogens with zero attached hydrogens (tertiary/aromatic N) is 2. The van der Waals surface area contributed by atoms with Crippen molar-refractivity contribution in [2.75, 3.05) is 13.1 Å². The van der Waals surface area contributed by atoms with E-state index < -0.39 is 0 Å². The Kier molecular flexibility index (Phi) is 5.99. The largest absolute Gasteiger partial charge is 0.343 e. The zero-order valence-electron chi connectivity index (χ0n) is 13.6. The molecule has 120 valence electrons. The SMILES string of the molecule is C/C=C/CCCC(=O)N1CCC(c2ccn(C)c(=O)c2)CC1. The molecule has 1 aromatic rings. The molecule has 0 atom stereocenters. The molecule has 1 fully saturated rings. The van der Waals surface area contributed by atoms with E-state index in [0.29, 0.717) is 12.3 Å². The van der Waals surface area contributed by atoms with E-state index in [9.17, 15) is 9.59 Å². The zero-order chi connectivity index (χ0) is 15.9. The van der Waals surface area contributed by atoms with E-state index in [0.717, 1.165) is 44.3 Å². The molecule has 2 heterocycles. The number of piperidine rings is 1. The number of aromatic nitrogens is 1. The molecule has 0 aromatic carbocycles. The number of carbonyl (C=O) groups excluding carboxylic acids is 1. The standard InChI is InChI=1S/C18H26N2O2/c1-3-4-5-6-7-17(21)20-12-9-15(10-13-20)16-8-11-19(2)18(22)14-16/h3-4,8,11,14-15H,5-7,9-10,12-13H2,1-2H3/b4-3+. The van der Waals surface area contributed by atoms with Crippen LogP contribution in [0.25, 0.3) is 0 Å². The summed E-state index contributed by atoms with van der Waals surface area (Å²) in [5.74, 6) is 0.674. The number of aryl methyl sites for hydroxylation is 1. The Morgan fingerprint density at radius 1 is 1.36 bits per heavy atom. The number of hydrogen-bond acceptors (Lipinski definition) is 2. The summed E-state index contributed by atoms with van der Waals surface area (Å²) in [7, 11) is 1.76. The van der Waals surface area contributed by atoms with E-state index in [1.54, 1.807) is 17.7 Å². The number of amides is 1. The Bertz CT molecular complexity index is 581. The summed E-state index contributed by atoms with van der Waals surface area (Å²) in [5.41, 5.74) is 1.16. The summed E-state index contributed by atoms with van der Waals surface area (Å²) < 4.78 is 1.59. The van der Waals surface area contributed by atoms with Gasteiger partial charge in [-0.2, -0.15) is 0 Å². The molecule has 1 aromatic heterocycles. The Balaban J connectivity index is 1.83. The van der Waals surface area contributed by atoms with Crippen LogP contribution in [0.4, 0.5) is 0 Å². The average Bonchev–Trinajstić information content (AvgIpc) is 2.54. The Morgan fingerprint density at radius 3 is 2.73 bits per heavy atom. The summed E-state index contributed by atoms with van der Waals surface area (Å²) in [6.07, 6.45) is 10.4. The van der Waals surface area contributed by atoms with Crippen LogP contribution in [-0.4, -0.2) is 28.5 Å². The Labute approximate surface area is 132 Å². The monoisotopic (exact) mass is 302 g/mol. The van der Waals surface area contributed by atoms with Crippen molar-refractivity contribution < 1.29 is 4.79 Å². The molecule has 4 heteroatoms. The summed E-state index contributed by atoms with van der Waals surface area (Å²) in [6.45, 7) is 3.62. The topological polar surface area (TPSA) is 42.3 Å². The molecule has 0 unspecified atom stereocenters. The molecule has 2 rings (SSSR count). The smallest absolute Gasteiger partial charge is 0.250 e. The molecule has 1 aliphatic rings. The van der Waals surface area contributed by atoms with Crippen LogP contribution < -0.4 is 5.56 Å². The minimum absolute atomic E-state index is 0.0417. The first kappa shape index (κ1) is 16.5. The maximum atomic E-state index is 12.2. The lowest BCUT2D eigenvalue weighted by Gasteiger charge is -2.32. The van der Waals surface area contributed by atoms with Gasteiger partial charge in [0.05, 0.1) is 0 Å². The second-order valence-electron chi connectivity index (χ2n) is 6.03. The van der Waals surface area contributed by atoms with Gasteiger partial charge in [0.15, 0.2) is 0 Å². The predicted molar refractivity (Wildman–Crippen MR) is 88.9 cm³/mol. The number of pyridine rings is 1. The fourth-order valence-electron chi connectivity index (χ4n) is 2.98. The highest BCUT2D eigenvalue weighted by Gasteiger charge is 2.23. The average molecular weight is 302 g/mol. The van der Waals surface area contributed by atoms with Crippen molar-refractivity contribution in [2.24, 2.45) is 7.05 Å². The molecule has 0 N–H and O–H groups in total. The minimum Gasteiger partial charge on any atom is -0.343 e. The highest BCUT2D eigenvalue weighted by molar-refractivity contribution is 5.76. The van der Waals surface area contributed by atoms with Gasteiger partial charge >= 0.3 is 0 Å². The highest BCUT2D eigenvalue weighted by atomic mass is 16.2. The van der Waals surface area contributed by atoms with Crippen molar-refractivity contribution in [3.63, 3.8) is 0 Å². The fourth-order valence-corrected chi connectivity index (χ4v) is 2.98. The van der Waals surface area contributed by atoms with Crippen LogP contribution >= 0.6 is 0 Å². The molecule has 1 aliphatic heterocycles. The van der Waals surface area contributed by atoms with Gasteiger partial charge < -0.3 is 9.47 Å². The third-order valence-electron chi connectivity index (χ3n) is 4.44. The van der Waals surface area contributed by atoms with Gasteiger partial charge in [-0.25, -0.2) is 0 Å². The molecular formula is C18H26N2O2. The second kappa shape index (κ2) is 7.97. The van der Waals surface area contributed by atoms with Crippen LogP contribution in [0.1, 0.15) is 50.5 Å². The molecule has 22 heavy (non-hydrogen) atoms. The van der Waals surface area contributed by atoms with Crippen LogP contribution in [0.3, 0.4) is 0 Å². The number of rotatable bonds is 5. The van der Waals surface area contributed by atoms with Gasteiger partial charge in [0, 0.05) is 38.8 Å². The van der Waals surface area contributed by atoms with Crippen molar-refractivity contribution in [2.45, 2.75) is 44.9 Å². The molecule has 0 saturated carbocycles. The van der Waals surface area contributed by atoms with Crippen LogP contribution in [0.15, 0.2) is 35.3 Å². The van der Waals surface area contributed by atoms with Gasteiger partial charge in [0.1, 0.15) is 0 Å². The van der Waals surface area contributed by atoms with Crippen LogP contribution in [0, 0.1) is 0 Å². The molecule has 1 amide bonds. The minimum atomic E-state index is 0.0417. The van der Waals surface area contributed by atoms with Crippen LogP contribution in [0.2, 0.25) is 0 Å². The van der Waals surface area contributed by atoms with Gasteiger partial charge in [-0.05, 0) is 50.2 Å². The normalized spacial score (nSPS) is 16.4. The maximum absolute atomic E-state index is 12.2. The maximum Gasteiger partial charge on any atom is 0.250 e. The molecule has 0 aliphatic carbocycles. The molecule has 4 nitrogen and oxygen atoms in total. The summed E-state index contributed by atoms with van der Waals surface area (Å²) in [5, 5.41) is 0. The number of unbranched alkanes of at least 4 members (excludes halogenated alkanes) is 1. The molecule has 0 bridgehead atoms. The van der Waals surface area contributed by atoms with Crippen molar-refractivity contribution in [3.05, 3.63) is 46.4 Å². The quantitative estimate of drug-likeness (QED) is 0.620. The van der Waals surface area contributed by atoms with Crippen molar-refractivity contribution in [1.29, 1.82) is 0 Å². The third-order valence-corrected chi connectivity index (χ3v) is 4.44. The molecule has 0 spiro atoms. The first-order chi connectivity index (χ1) is 10.6. The van der Waals surface area contributed by atoms with Crippen molar-refractivity contribution >= 4 is 5.91 Å². The summed E-state index contributed by atoms with van der Waals surface area (Å²) in [6, 6.07) is 3.76. The predicted octanol–water partition coefficient (Wildman–Crippen LogP) is 2.84. The fraction of sp³-hybridized carbons (Fsp3) is 0.556. The van der Waals surface area contributed by atoms with E-state index in [4.69, 9.17) is 0 Å².